The fourth-order valence-corrected chi connectivity index (χ4v) is 1.63. The molecule has 17 heavy (non-hydrogen) atoms. The van der Waals surface area contributed by atoms with Crippen LogP contribution in [-0.2, 0) is 7.05 Å². The molecule has 0 saturated heterocycles. The molecular weight excluding hydrogens is 218 g/mol. The van der Waals surface area contributed by atoms with Crippen molar-refractivity contribution >= 4 is 11.8 Å². The first kappa shape index (κ1) is 11.2. The third-order valence-corrected chi connectivity index (χ3v) is 2.68. The summed E-state index contributed by atoms with van der Waals surface area (Å²) in [5, 5.41) is 13.3. The third kappa shape index (κ3) is 1.99. The molecule has 0 aliphatic heterocycles. The number of benzene rings is 1. The summed E-state index contributed by atoms with van der Waals surface area (Å²) in [6.45, 7) is 1.76. The molecule has 5 nitrogen and oxygen atoms in total. The van der Waals surface area contributed by atoms with Gasteiger partial charge >= 0.3 is 5.97 Å². The Balaban J connectivity index is 2.53. The molecule has 0 saturated carbocycles. The van der Waals surface area contributed by atoms with Gasteiger partial charge in [0.15, 0.2) is 0 Å². The van der Waals surface area contributed by atoms with Crippen LogP contribution in [0.2, 0.25) is 0 Å². The molecule has 0 atom stereocenters. The van der Waals surface area contributed by atoms with Crippen LogP contribution in [0, 0.1) is 6.92 Å². The van der Waals surface area contributed by atoms with Crippen LogP contribution in [0.15, 0.2) is 24.3 Å². The average molecular weight is 231 g/mol. The summed E-state index contributed by atoms with van der Waals surface area (Å²) in [4.78, 5) is 11.0. The molecule has 1 aromatic heterocycles. The Bertz CT molecular complexity index is 568. The van der Waals surface area contributed by atoms with Crippen molar-refractivity contribution in [3.8, 4) is 11.3 Å². The SMILES string of the molecule is Cc1ccc(-c2cc(N)n(C)n2)cc1C(=O)O. The van der Waals surface area contributed by atoms with E-state index in [1.807, 2.05) is 6.07 Å². The van der Waals surface area contributed by atoms with E-state index in [0.717, 1.165) is 11.1 Å². The maximum atomic E-state index is 11.0. The van der Waals surface area contributed by atoms with Gasteiger partial charge < -0.3 is 10.8 Å². The Morgan fingerprint density at radius 1 is 1.41 bits per heavy atom. The number of hydrogen-bond donors (Lipinski definition) is 2. The quantitative estimate of drug-likeness (QED) is 0.823. The first-order valence-corrected chi connectivity index (χ1v) is 5.13. The Morgan fingerprint density at radius 2 is 2.12 bits per heavy atom. The van der Waals surface area contributed by atoms with Crippen LogP contribution < -0.4 is 5.73 Å². The number of aromatic carboxylic acids is 1. The lowest BCUT2D eigenvalue weighted by Gasteiger charge is -2.03. The average Bonchev–Trinajstić information content (AvgIpc) is 2.59. The summed E-state index contributed by atoms with van der Waals surface area (Å²) in [6.07, 6.45) is 0. The number of nitrogens with two attached hydrogens (primary N) is 1. The minimum atomic E-state index is -0.937. The van der Waals surface area contributed by atoms with Gasteiger partial charge in [0.25, 0.3) is 0 Å². The topological polar surface area (TPSA) is 81.1 Å². The van der Waals surface area contributed by atoms with Crippen LogP contribution in [-0.4, -0.2) is 20.9 Å². The second kappa shape index (κ2) is 3.93. The number of nitrogens with zero attached hydrogens (tertiary/aromatic N) is 2. The number of anilines is 1. The Morgan fingerprint density at radius 3 is 2.65 bits per heavy atom. The van der Waals surface area contributed by atoms with Crippen LogP contribution in [0.1, 0.15) is 15.9 Å². The van der Waals surface area contributed by atoms with E-state index in [9.17, 15) is 4.79 Å². The van der Waals surface area contributed by atoms with Crippen molar-refractivity contribution in [2.24, 2.45) is 7.05 Å². The monoisotopic (exact) mass is 231 g/mol. The van der Waals surface area contributed by atoms with Crippen molar-refractivity contribution in [1.82, 2.24) is 9.78 Å². The molecule has 88 valence electrons. The number of hydrogen-bond acceptors (Lipinski definition) is 3. The normalized spacial score (nSPS) is 10.5. The smallest absolute Gasteiger partial charge is 0.335 e. The van der Waals surface area contributed by atoms with Crippen molar-refractivity contribution in [3.05, 3.63) is 35.4 Å². The Hall–Kier alpha value is -2.30. The van der Waals surface area contributed by atoms with Crippen molar-refractivity contribution in [2.75, 3.05) is 5.73 Å². The van der Waals surface area contributed by atoms with Crippen LogP contribution in [0.25, 0.3) is 11.3 Å². The summed E-state index contributed by atoms with van der Waals surface area (Å²) in [6, 6.07) is 6.93. The summed E-state index contributed by atoms with van der Waals surface area (Å²) >= 11 is 0. The highest BCUT2D eigenvalue weighted by Crippen LogP contribution is 2.22. The molecule has 5 heteroatoms. The molecule has 0 amide bonds. The molecule has 0 radical (unpaired) electrons. The van der Waals surface area contributed by atoms with Crippen molar-refractivity contribution in [1.29, 1.82) is 0 Å². The van der Waals surface area contributed by atoms with Crippen LogP contribution in [0.4, 0.5) is 5.82 Å². The minimum Gasteiger partial charge on any atom is -0.478 e. The molecule has 3 N–H and O–H groups in total. The second-order valence-corrected chi connectivity index (χ2v) is 3.91. The molecule has 2 aromatic rings. The van der Waals surface area contributed by atoms with Crippen molar-refractivity contribution < 1.29 is 9.90 Å². The number of aromatic nitrogens is 2. The highest BCUT2D eigenvalue weighted by Gasteiger charge is 2.11. The van der Waals surface area contributed by atoms with Gasteiger partial charge in [-0.1, -0.05) is 12.1 Å². The van der Waals surface area contributed by atoms with Crippen LogP contribution >= 0.6 is 0 Å². The zero-order chi connectivity index (χ0) is 12.6. The van der Waals surface area contributed by atoms with Gasteiger partial charge in [0.1, 0.15) is 5.82 Å². The van der Waals surface area contributed by atoms with Gasteiger partial charge in [-0.05, 0) is 18.6 Å². The van der Waals surface area contributed by atoms with Gasteiger partial charge in [0, 0.05) is 18.7 Å². The number of nitrogen functional groups attached to an aromatic ring is 1. The second-order valence-electron chi connectivity index (χ2n) is 3.91. The van der Waals surface area contributed by atoms with Crippen LogP contribution in [0.3, 0.4) is 0 Å². The van der Waals surface area contributed by atoms with Crippen LogP contribution in [0.5, 0.6) is 0 Å². The lowest BCUT2D eigenvalue weighted by molar-refractivity contribution is 0.0696. The summed E-state index contributed by atoms with van der Waals surface area (Å²) in [5.41, 5.74) is 8.12. The molecule has 1 heterocycles. The Labute approximate surface area is 98.5 Å². The molecule has 0 unspecified atom stereocenters. The van der Waals surface area contributed by atoms with E-state index < -0.39 is 5.97 Å². The van der Waals surface area contributed by atoms with E-state index in [1.165, 1.54) is 0 Å². The zero-order valence-electron chi connectivity index (χ0n) is 9.64. The van der Waals surface area contributed by atoms with Gasteiger partial charge in [-0.25, -0.2) is 4.79 Å². The van der Waals surface area contributed by atoms with E-state index in [2.05, 4.69) is 5.10 Å². The van der Waals surface area contributed by atoms with Gasteiger partial charge in [-0.2, -0.15) is 5.10 Å². The van der Waals surface area contributed by atoms with E-state index >= 15 is 0 Å². The van der Waals surface area contributed by atoms with Gasteiger partial charge in [-0.15, -0.1) is 0 Å². The summed E-state index contributed by atoms with van der Waals surface area (Å²) < 4.78 is 1.55. The first-order valence-electron chi connectivity index (χ1n) is 5.13. The molecule has 0 spiro atoms. The third-order valence-electron chi connectivity index (χ3n) is 2.68. The highest BCUT2D eigenvalue weighted by molar-refractivity contribution is 5.91. The summed E-state index contributed by atoms with van der Waals surface area (Å²) in [5.74, 6) is -0.397. The van der Waals surface area contributed by atoms with E-state index in [4.69, 9.17) is 10.8 Å². The van der Waals surface area contributed by atoms with Gasteiger partial charge in [-0.3, -0.25) is 4.68 Å². The number of carboxylic acids is 1. The molecule has 0 fully saturated rings. The Kier molecular flexibility index (Phi) is 2.59. The number of aryl methyl sites for hydroxylation is 2. The first-order chi connectivity index (χ1) is 7.99. The van der Waals surface area contributed by atoms with E-state index in [0.29, 0.717) is 11.5 Å². The molecule has 2 rings (SSSR count). The molecule has 0 aliphatic rings. The van der Waals surface area contributed by atoms with E-state index in [1.54, 1.807) is 36.9 Å². The predicted molar refractivity (Wildman–Crippen MR) is 64.8 cm³/mol. The minimum absolute atomic E-state index is 0.284. The summed E-state index contributed by atoms with van der Waals surface area (Å²) in [7, 11) is 1.74. The largest absolute Gasteiger partial charge is 0.478 e. The number of rotatable bonds is 2. The van der Waals surface area contributed by atoms with Crippen molar-refractivity contribution in [3.63, 3.8) is 0 Å². The van der Waals surface area contributed by atoms with Gasteiger partial charge in [0.2, 0.25) is 0 Å². The molecule has 0 bridgehead atoms. The molecule has 0 aliphatic carbocycles. The fraction of sp³-hybridized carbons (Fsp3) is 0.167. The molecular formula is C12H13N3O2. The number of carbonyl (C=O) groups is 1. The maximum Gasteiger partial charge on any atom is 0.335 e. The van der Waals surface area contributed by atoms with E-state index in [-0.39, 0.29) is 5.56 Å². The molecule has 1 aromatic carbocycles. The lowest BCUT2D eigenvalue weighted by Crippen LogP contribution is -2.00. The fourth-order valence-electron chi connectivity index (χ4n) is 1.63. The highest BCUT2D eigenvalue weighted by atomic mass is 16.4. The van der Waals surface area contributed by atoms with Crippen molar-refractivity contribution in [2.45, 2.75) is 6.92 Å². The van der Waals surface area contributed by atoms with Gasteiger partial charge in [0.05, 0.1) is 11.3 Å². The zero-order valence-corrected chi connectivity index (χ0v) is 9.64. The maximum absolute atomic E-state index is 11.0. The standard InChI is InChI=1S/C12H13N3O2/c1-7-3-4-8(5-9(7)12(16)17)10-6-11(13)15(2)14-10/h3-6H,13H2,1-2H3,(H,16,17). The lowest BCUT2D eigenvalue weighted by atomic mass is 10.0. The predicted octanol–water partition coefficient (Wildman–Crippen LogP) is 1.68. The number of carboxylic acid groups (broad SMARTS) is 1.